The van der Waals surface area contributed by atoms with Gasteiger partial charge in [0.1, 0.15) is 5.82 Å². The van der Waals surface area contributed by atoms with Crippen LogP contribution < -0.4 is 11.1 Å². The number of aryl methyl sites for hydroxylation is 1. The van der Waals surface area contributed by atoms with Crippen LogP contribution in [0.3, 0.4) is 0 Å². The molecule has 1 aromatic carbocycles. The molecular weight excluding hydrogens is 332 g/mol. The molecule has 1 aromatic rings. The highest BCUT2D eigenvalue weighted by Crippen LogP contribution is 2.32. The summed E-state index contributed by atoms with van der Waals surface area (Å²) in [7, 11) is 0. The van der Waals surface area contributed by atoms with Gasteiger partial charge in [-0.05, 0) is 24.6 Å². The SMILES string of the molecule is Cc1cc(F)c(NCSOC(N)=O)cc1SCC(F)(F)F. The molecule has 0 radical (unpaired) electrons. The van der Waals surface area contributed by atoms with Crippen molar-refractivity contribution in [1.82, 2.24) is 0 Å². The molecule has 0 spiro atoms. The molecule has 0 heterocycles. The fraction of sp³-hybridized carbons (Fsp3) is 0.364. The van der Waals surface area contributed by atoms with E-state index in [0.29, 0.717) is 34.3 Å². The highest BCUT2D eigenvalue weighted by molar-refractivity contribution is 7.99. The molecule has 4 nitrogen and oxygen atoms in total. The van der Waals surface area contributed by atoms with Crippen LogP contribution >= 0.6 is 23.8 Å². The highest BCUT2D eigenvalue weighted by Gasteiger charge is 2.27. The van der Waals surface area contributed by atoms with Gasteiger partial charge in [-0.25, -0.2) is 9.18 Å². The topological polar surface area (TPSA) is 64.3 Å². The molecule has 0 atom stereocenters. The molecule has 118 valence electrons. The zero-order valence-corrected chi connectivity index (χ0v) is 12.4. The Labute approximate surface area is 127 Å². The molecule has 0 aliphatic carbocycles. The summed E-state index contributed by atoms with van der Waals surface area (Å²) >= 11 is 1.23. The molecule has 0 aromatic heterocycles. The first-order valence-electron chi connectivity index (χ1n) is 5.51. The lowest BCUT2D eigenvalue weighted by molar-refractivity contribution is -0.105. The van der Waals surface area contributed by atoms with E-state index in [1.54, 1.807) is 0 Å². The summed E-state index contributed by atoms with van der Waals surface area (Å²) < 4.78 is 54.6. The Morgan fingerprint density at radius 1 is 1.43 bits per heavy atom. The Balaban J connectivity index is 2.69. The lowest BCUT2D eigenvalue weighted by Crippen LogP contribution is -2.11. The fourth-order valence-electron chi connectivity index (χ4n) is 1.30. The molecule has 0 unspecified atom stereocenters. The average Bonchev–Trinajstić information content (AvgIpc) is 2.34. The molecule has 0 bridgehead atoms. The third-order valence-electron chi connectivity index (χ3n) is 2.12. The summed E-state index contributed by atoms with van der Waals surface area (Å²) in [5, 5.41) is 2.59. The number of amides is 1. The van der Waals surface area contributed by atoms with Crippen molar-refractivity contribution in [2.24, 2.45) is 5.73 Å². The minimum absolute atomic E-state index is 0.00625. The second-order valence-corrected chi connectivity index (χ2v) is 5.55. The number of carbonyl (C=O) groups excluding carboxylic acids is 1. The number of halogens is 4. The highest BCUT2D eigenvalue weighted by atomic mass is 32.2. The maximum Gasteiger partial charge on any atom is 0.416 e. The normalized spacial score (nSPS) is 11.3. The van der Waals surface area contributed by atoms with E-state index < -0.39 is 23.8 Å². The number of alkyl halides is 3. The number of hydrogen-bond donors (Lipinski definition) is 2. The van der Waals surface area contributed by atoms with Crippen molar-refractivity contribution in [3.05, 3.63) is 23.5 Å². The van der Waals surface area contributed by atoms with E-state index in [0.717, 1.165) is 6.07 Å². The van der Waals surface area contributed by atoms with E-state index in [1.165, 1.54) is 13.0 Å². The second kappa shape index (κ2) is 7.64. The number of primary amides is 1. The van der Waals surface area contributed by atoms with Gasteiger partial charge in [0.05, 0.1) is 29.4 Å². The minimum atomic E-state index is -4.30. The van der Waals surface area contributed by atoms with Gasteiger partial charge in [-0.15, -0.1) is 11.8 Å². The number of rotatable bonds is 6. The van der Waals surface area contributed by atoms with Crippen LogP contribution in [0.2, 0.25) is 0 Å². The van der Waals surface area contributed by atoms with Crippen LogP contribution in [0.1, 0.15) is 5.56 Å². The van der Waals surface area contributed by atoms with Crippen molar-refractivity contribution in [3.63, 3.8) is 0 Å². The van der Waals surface area contributed by atoms with E-state index in [1.807, 2.05) is 0 Å². The first kappa shape index (κ1) is 17.8. The summed E-state index contributed by atoms with van der Waals surface area (Å²) in [6, 6.07) is 2.42. The van der Waals surface area contributed by atoms with Gasteiger partial charge in [-0.2, -0.15) is 13.2 Å². The minimum Gasteiger partial charge on any atom is -0.373 e. The van der Waals surface area contributed by atoms with E-state index in [2.05, 4.69) is 9.50 Å². The largest absolute Gasteiger partial charge is 0.416 e. The van der Waals surface area contributed by atoms with Gasteiger partial charge in [-0.1, -0.05) is 0 Å². The number of benzene rings is 1. The molecule has 0 fully saturated rings. The summed E-state index contributed by atoms with van der Waals surface area (Å²) in [6.07, 6.45) is -5.29. The number of carbonyl (C=O) groups is 1. The lowest BCUT2D eigenvalue weighted by Gasteiger charge is -2.12. The Kier molecular flexibility index (Phi) is 6.46. The van der Waals surface area contributed by atoms with Crippen LogP contribution in [0.5, 0.6) is 0 Å². The lowest BCUT2D eigenvalue weighted by atomic mass is 10.2. The maximum atomic E-state index is 13.7. The van der Waals surface area contributed by atoms with E-state index in [9.17, 15) is 22.4 Å². The van der Waals surface area contributed by atoms with Gasteiger partial charge in [0, 0.05) is 4.90 Å². The summed E-state index contributed by atoms with van der Waals surface area (Å²) in [5.41, 5.74) is 5.16. The smallest absolute Gasteiger partial charge is 0.373 e. The Morgan fingerprint density at radius 2 is 2.10 bits per heavy atom. The summed E-state index contributed by atoms with van der Waals surface area (Å²) in [5.74, 6) is -1.66. The molecule has 0 saturated carbocycles. The van der Waals surface area contributed by atoms with Crippen LogP contribution in [0.15, 0.2) is 17.0 Å². The van der Waals surface area contributed by atoms with Crippen molar-refractivity contribution in [3.8, 4) is 0 Å². The molecule has 0 aliphatic heterocycles. The van der Waals surface area contributed by atoms with E-state index in [-0.39, 0.29) is 11.6 Å². The van der Waals surface area contributed by atoms with Crippen molar-refractivity contribution in [2.75, 3.05) is 16.9 Å². The zero-order chi connectivity index (χ0) is 16.0. The monoisotopic (exact) mass is 344 g/mol. The van der Waals surface area contributed by atoms with Crippen molar-refractivity contribution < 1.29 is 26.5 Å². The fourth-order valence-corrected chi connectivity index (χ4v) is 2.49. The molecule has 0 aliphatic rings. The Hall–Kier alpha value is -1.29. The molecule has 10 heteroatoms. The van der Waals surface area contributed by atoms with Crippen LogP contribution in [-0.4, -0.2) is 23.9 Å². The maximum absolute atomic E-state index is 13.7. The predicted molar refractivity (Wildman–Crippen MR) is 74.7 cm³/mol. The van der Waals surface area contributed by atoms with Gasteiger partial charge >= 0.3 is 12.3 Å². The summed E-state index contributed by atoms with van der Waals surface area (Å²) in [4.78, 5) is 10.6. The quantitative estimate of drug-likeness (QED) is 0.269. The predicted octanol–water partition coefficient (Wildman–Crippen LogP) is 3.90. The molecule has 0 saturated heterocycles. The van der Waals surface area contributed by atoms with Crippen LogP contribution in [0.25, 0.3) is 0 Å². The van der Waals surface area contributed by atoms with Crippen LogP contribution in [0.4, 0.5) is 28.0 Å². The number of nitrogens with two attached hydrogens (primary N) is 1. The average molecular weight is 344 g/mol. The van der Waals surface area contributed by atoms with Crippen molar-refractivity contribution >= 4 is 35.6 Å². The number of anilines is 1. The molecule has 1 rings (SSSR count). The summed E-state index contributed by atoms with van der Waals surface area (Å²) in [6.45, 7) is 1.52. The molecule has 21 heavy (non-hydrogen) atoms. The first-order chi connectivity index (χ1) is 9.69. The zero-order valence-electron chi connectivity index (χ0n) is 10.8. The number of nitrogens with one attached hydrogen (secondary N) is 1. The molecule has 3 N–H and O–H groups in total. The van der Waals surface area contributed by atoms with Crippen molar-refractivity contribution in [2.45, 2.75) is 18.0 Å². The molecular formula is C11H12F4N2O2S2. The Bertz CT molecular complexity index is 512. The Morgan fingerprint density at radius 3 is 2.67 bits per heavy atom. The van der Waals surface area contributed by atoms with Crippen LogP contribution in [-0.2, 0) is 4.18 Å². The third kappa shape index (κ3) is 6.80. The van der Waals surface area contributed by atoms with Gasteiger partial charge in [0.2, 0.25) is 0 Å². The number of hydrogen-bond acceptors (Lipinski definition) is 5. The van der Waals surface area contributed by atoms with Gasteiger partial charge < -0.3 is 15.2 Å². The number of thioether (sulfide) groups is 1. The second-order valence-electron chi connectivity index (χ2n) is 3.84. The van der Waals surface area contributed by atoms with Gasteiger partial charge in [0.15, 0.2) is 0 Å². The van der Waals surface area contributed by atoms with E-state index in [4.69, 9.17) is 5.73 Å². The van der Waals surface area contributed by atoms with Crippen LogP contribution in [0, 0.1) is 12.7 Å². The first-order valence-corrected chi connectivity index (χ1v) is 7.41. The van der Waals surface area contributed by atoms with Gasteiger partial charge in [0.25, 0.3) is 0 Å². The molecule has 1 amide bonds. The standard InChI is InChI=1S/C11H12F4N2O2S2/c1-6-2-7(12)8(17-5-21-19-10(16)18)3-9(6)20-4-11(13,14)15/h2-3,17H,4-5H2,1H3,(H2,16,18). The van der Waals surface area contributed by atoms with Gasteiger partial charge in [-0.3, -0.25) is 0 Å². The van der Waals surface area contributed by atoms with Crippen molar-refractivity contribution in [1.29, 1.82) is 0 Å². The van der Waals surface area contributed by atoms with E-state index >= 15 is 0 Å². The third-order valence-corrected chi connectivity index (χ3v) is 3.89.